The molecule has 0 saturated heterocycles. The van der Waals surface area contributed by atoms with Crippen LogP contribution in [-0.2, 0) is 14.3 Å². The van der Waals surface area contributed by atoms with Crippen molar-refractivity contribution in [3.05, 3.63) is 47.0 Å². The Bertz CT molecular complexity index is 1410. The topological polar surface area (TPSA) is 118 Å². The van der Waals surface area contributed by atoms with Crippen molar-refractivity contribution in [3.63, 3.8) is 0 Å². The van der Waals surface area contributed by atoms with Gasteiger partial charge in [-0.05, 0) is 62.1 Å². The molecule has 39 heavy (non-hydrogen) atoms. The Labute approximate surface area is 232 Å². The highest BCUT2D eigenvalue weighted by atomic mass is 35.5. The number of carbonyl (C=O) groups excluding carboxylic acids is 1. The van der Waals surface area contributed by atoms with Gasteiger partial charge >= 0.3 is 5.97 Å². The van der Waals surface area contributed by atoms with Crippen molar-refractivity contribution in [2.24, 2.45) is 5.92 Å². The number of carboxylic acids is 1. The Balaban J connectivity index is 1.28. The minimum atomic E-state index is -0.800. The fourth-order valence-electron chi connectivity index (χ4n) is 5.56. The molecule has 1 unspecified atom stereocenters. The monoisotopic (exact) mass is 552 g/mol. The number of nitrogens with zero attached hydrogens (tertiary/aromatic N) is 3. The van der Waals surface area contributed by atoms with Crippen LogP contribution in [0.25, 0.3) is 28.0 Å². The standard InChI is InChI=1S/C29H33ClN4O5/c1-34(2)27(37)29(38-3)14-12-21(13-15-29)39-28-31-23-16-22(30)24(32-25(23)33-28)19-8-4-17(5-9-19)18-6-10-20(11-7-18)26(35)36/h4-6,8-9,16,20-21H,7,10-15H2,1-3H3,(H,35,36)(H,31,32,33). The number of aromatic nitrogens is 3. The van der Waals surface area contributed by atoms with Crippen molar-refractivity contribution in [3.8, 4) is 17.3 Å². The number of hydrogen-bond donors (Lipinski definition) is 2. The molecular formula is C29H33ClN4O5. The quantitative estimate of drug-likeness (QED) is 0.406. The zero-order chi connectivity index (χ0) is 27.7. The molecule has 2 aliphatic carbocycles. The maximum absolute atomic E-state index is 12.6. The van der Waals surface area contributed by atoms with Crippen LogP contribution in [0.5, 0.6) is 6.01 Å². The number of likely N-dealkylation sites (N-methyl/N-ethyl adjacent to an activating group) is 1. The Morgan fingerprint density at radius 2 is 1.79 bits per heavy atom. The van der Waals surface area contributed by atoms with Crippen LogP contribution in [0.4, 0.5) is 0 Å². The van der Waals surface area contributed by atoms with Gasteiger partial charge < -0.3 is 24.5 Å². The van der Waals surface area contributed by atoms with E-state index in [4.69, 9.17) is 26.1 Å². The lowest BCUT2D eigenvalue weighted by Crippen LogP contribution is -2.51. The molecule has 3 aromatic rings. The summed E-state index contributed by atoms with van der Waals surface area (Å²) in [6.45, 7) is 0. The molecule has 206 valence electrons. The molecule has 5 rings (SSSR count). The molecule has 1 aromatic carbocycles. The second-order valence-electron chi connectivity index (χ2n) is 10.6. The lowest BCUT2D eigenvalue weighted by atomic mass is 9.82. The van der Waals surface area contributed by atoms with Crippen molar-refractivity contribution in [2.45, 2.75) is 56.7 Å². The van der Waals surface area contributed by atoms with Gasteiger partial charge in [-0.25, -0.2) is 4.98 Å². The number of benzene rings is 1. The summed E-state index contributed by atoms with van der Waals surface area (Å²) in [5.74, 6) is -1.05. The van der Waals surface area contributed by atoms with Gasteiger partial charge in [0.1, 0.15) is 11.7 Å². The van der Waals surface area contributed by atoms with E-state index in [1.165, 1.54) is 5.57 Å². The van der Waals surface area contributed by atoms with E-state index in [1.54, 1.807) is 32.2 Å². The van der Waals surface area contributed by atoms with Crippen LogP contribution >= 0.6 is 11.6 Å². The number of imidazole rings is 1. The summed E-state index contributed by atoms with van der Waals surface area (Å²) in [4.78, 5) is 37.9. The zero-order valence-electron chi connectivity index (χ0n) is 22.4. The summed E-state index contributed by atoms with van der Waals surface area (Å²) in [5, 5.41) is 9.72. The Kier molecular flexibility index (Phi) is 7.64. The number of aromatic amines is 1. The van der Waals surface area contributed by atoms with Gasteiger partial charge in [0.25, 0.3) is 11.9 Å². The van der Waals surface area contributed by atoms with E-state index in [-0.39, 0.29) is 17.9 Å². The summed E-state index contributed by atoms with van der Waals surface area (Å²) in [6, 6.07) is 10.2. The number of ether oxygens (including phenoxy) is 2. The lowest BCUT2D eigenvalue weighted by Gasteiger charge is -2.38. The van der Waals surface area contributed by atoms with E-state index >= 15 is 0 Å². The van der Waals surface area contributed by atoms with Gasteiger partial charge in [-0.3, -0.25) is 9.59 Å². The van der Waals surface area contributed by atoms with Crippen molar-refractivity contribution < 1.29 is 24.2 Å². The predicted molar refractivity (Wildman–Crippen MR) is 149 cm³/mol. The van der Waals surface area contributed by atoms with Crippen LogP contribution in [0.15, 0.2) is 36.4 Å². The Morgan fingerprint density at radius 1 is 1.10 bits per heavy atom. The van der Waals surface area contributed by atoms with Crippen molar-refractivity contribution in [2.75, 3.05) is 21.2 Å². The highest BCUT2D eigenvalue weighted by Crippen LogP contribution is 2.36. The van der Waals surface area contributed by atoms with E-state index < -0.39 is 11.6 Å². The van der Waals surface area contributed by atoms with Crippen molar-refractivity contribution in [1.82, 2.24) is 19.9 Å². The molecule has 1 atom stereocenters. The maximum atomic E-state index is 12.6. The number of hydrogen-bond acceptors (Lipinski definition) is 6. The fourth-order valence-corrected chi connectivity index (χ4v) is 5.82. The molecule has 1 fully saturated rings. The number of allylic oxidation sites excluding steroid dienone is 2. The van der Waals surface area contributed by atoms with E-state index in [2.05, 4.69) is 9.97 Å². The molecular weight excluding hydrogens is 520 g/mol. The van der Waals surface area contributed by atoms with Gasteiger partial charge in [0.15, 0.2) is 5.65 Å². The van der Waals surface area contributed by atoms with Crippen molar-refractivity contribution in [1.29, 1.82) is 0 Å². The first kappa shape index (κ1) is 27.1. The number of nitrogens with one attached hydrogen (secondary N) is 1. The minimum absolute atomic E-state index is 0.0196. The van der Waals surface area contributed by atoms with Crippen LogP contribution in [0.1, 0.15) is 50.5 Å². The first-order chi connectivity index (χ1) is 18.7. The number of methoxy groups -OCH3 is 1. The molecule has 1 saturated carbocycles. The second-order valence-corrected chi connectivity index (χ2v) is 11.0. The highest BCUT2D eigenvalue weighted by Gasteiger charge is 2.43. The number of pyridine rings is 1. The van der Waals surface area contributed by atoms with Crippen molar-refractivity contribution >= 4 is 40.2 Å². The molecule has 0 radical (unpaired) electrons. The third kappa shape index (κ3) is 5.51. The first-order valence-electron chi connectivity index (χ1n) is 13.2. The summed E-state index contributed by atoms with van der Waals surface area (Å²) in [6.07, 6.45) is 6.39. The molecule has 2 heterocycles. The molecule has 2 aliphatic rings. The molecule has 2 aromatic heterocycles. The summed E-state index contributed by atoms with van der Waals surface area (Å²) in [7, 11) is 5.08. The summed E-state index contributed by atoms with van der Waals surface area (Å²) >= 11 is 6.61. The SMILES string of the molecule is COC1(C(=O)N(C)C)CCC(Oc2nc3nc(-c4ccc(C5=CCC(C(=O)O)CC5)cc4)c(Cl)cc3[nH]2)CC1. The summed E-state index contributed by atoms with van der Waals surface area (Å²) < 4.78 is 11.8. The first-order valence-corrected chi connectivity index (χ1v) is 13.6. The van der Waals surface area contributed by atoms with E-state index in [0.717, 1.165) is 17.5 Å². The Hall–Kier alpha value is -3.43. The molecule has 0 aliphatic heterocycles. The number of amides is 1. The smallest absolute Gasteiger partial charge is 0.306 e. The van der Waals surface area contributed by atoms with Gasteiger partial charge in [0.05, 0.1) is 22.2 Å². The number of H-pyrrole nitrogens is 1. The average Bonchev–Trinajstić information content (AvgIpc) is 3.33. The van der Waals surface area contributed by atoms with Crippen LogP contribution in [0.2, 0.25) is 5.02 Å². The zero-order valence-corrected chi connectivity index (χ0v) is 23.1. The highest BCUT2D eigenvalue weighted by molar-refractivity contribution is 6.33. The van der Waals surface area contributed by atoms with Gasteiger partial charge in [0.2, 0.25) is 0 Å². The number of carboxylic acid groups (broad SMARTS) is 1. The molecule has 0 spiro atoms. The number of rotatable bonds is 7. The third-order valence-electron chi connectivity index (χ3n) is 7.90. The van der Waals surface area contributed by atoms with Crippen LogP contribution in [0, 0.1) is 5.92 Å². The van der Waals surface area contributed by atoms with Crippen LogP contribution < -0.4 is 4.74 Å². The molecule has 9 nitrogen and oxygen atoms in total. The predicted octanol–water partition coefficient (Wildman–Crippen LogP) is 5.34. The molecule has 0 bridgehead atoms. The van der Waals surface area contributed by atoms with E-state index in [1.807, 2.05) is 30.3 Å². The average molecular weight is 553 g/mol. The normalized spacial score (nSPS) is 23.3. The van der Waals surface area contributed by atoms with Gasteiger partial charge in [-0.2, -0.15) is 4.98 Å². The van der Waals surface area contributed by atoms with Gasteiger partial charge in [0, 0.05) is 26.8 Å². The summed E-state index contributed by atoms with van der Waals surface area (Å²) in [5.41, 5.74) is 4.12. The molecule has 1 amide bonds. The maximum Gasteiger partial charge on any atom is 0.306 e. The van der Waals surface area contributed by atoms with E-state index in [0.29, 0.717) is 66.4 Å². The third-order valence-corrected chi connectivity index (χ3v) is 8.19. The van der Waals surface area contributed by atoms with Crippen LogP contribution in [0.3, 0.4) is 0 Å². The number of halogens is 1. The largest absolute Gasteiger partial charge is 0.481 e. The Morgan fingerprint density at radius 3 is 2.38 bits per heavy atom. The number of fused-ring (bicyclic) bond motifs is 1. The van der Waals surface area contributed by atoms with Gasteiger partial charge in [-0.1, -0.05) is 41.9 Å². The number of carbonyl (C=O) groups is 2. The lowest BCUT2D eigenvalue weighted by molar-refractivity contribution is -0.158. The number of aliphatic carboxylic acids is 1. The second kappa shape index (κ2) is 11.0. The van der Waals surface area contributed by atoms with E-state index in [9.17, 15) is 14.7 Å². The minimum Gasteiger partial charge on any atom is -0.481 e. The van der Waals surface area contributed by atoms with Crippen LogP contribution in [-0.4, -0.2) is 69.7 Å². The fraction of sp³-hybridized carbons (Fsp3) is 0.448. The molecule has 10 heteroatoms. The molecule has 2 N–H and O–H groups in total. The van der Waals surface area contributed by atoms with Gasteiger partial charge in [-0.15, -0.1) is 0 Å².